The Hall–Kier alpha value is -1.17. The van der Waals surface area contributed by atoms with Crippen LogP contribution in [0.5, 0.6) is 0 Å². The number of nitrogens with zero attached hydrogens (tertiary/aromatic N) is 2. The average Bonchev–Trinajstić information content (AvgIpc) is 2.79. The lowest BCUT2D eigenvalue weighted by Gasteiger charge is -2.11. The van der Waals surface area contributed by atoms with Crippen LogP contribution in [-0.2, 0) is 0 Å². The molecule has 1 unspecified atom stereocenters. The summed E-state index contributed by atoms with van der Waals surface area (Å²) in [5, 5.41) is 4.14. The minimum Gasteiger partial charge on any atom is -0.343 e. The fourth-order valence-corrected chi connectivity index (χ4v) is 2.51. The molecule has 0 saturated carbocycles. The summed E-state index contributed by atoms with van der Waals surface area (Å²) < 4.78 is 0. The zero-order valence-corrected chi connectivity index (χ0v) is 12.6. The molecule has 2 aromatic heterocycles. The van der Waals surface area contributed by atoms with E-state index < -0.39 is 0 Å². The molecular weight excluding hydrogens is 305 g/mol. The van der Waals surface area contributed by atoms with Gasteiger partial charge in [-0.05, 0) is 19.9 Å². The van der Waals surface area contributed by atoms with Gasteiger partial charge >= 0.3 is 0 Å². The predicted molar refractivity (Wildman–Crippen MR) is 77.0 cm³/mol. The van der Waals surface area contributed by atoms with E-state index >= 15 is 0 Å². The Morgan fingerprint density at radius 3 is 2.68 bits per heavy atom. The van der Waals surface area contributed by atoms with Crippen molar-refractivity contribution in [1.29, 1.82) is 0 Å². The van der Waals surface area contributed by atoms with Gasteiger partial charge in [0.25, 0.3) is 5.91 Å². The second-order valence-electron chi connectivity index (χ2n) is 4.00. The van der Waals surface area contributed by atoms with Crippen LogP contribution in [0.4, 0.5) is 0 Å². The summed E-state index contributed by atoms with van der Waals surface area (Å²) in [4.78, 5) is 21.2. The first-order valence-corrected chi connectivity index (χ1v) is 7.09. The zero-order chi connectivity index (χ0) is 14.0. The Balaban J connectivity index is 2.10. The van der Waals surface area contributed by atoms with Gasteiger partial charge in [0.05, 0.1) is 16.6 Å². The molecule has 2 rings (SSSR count). The molecule has 0 saturated heterocycles. The van der Waals surface area contributed by atoms with Gasteiger partial charge < -0.3 is 5.32 Å². The highest BCUT2D eigenvalue weighted by molar-refractivity contribution is 7.11. The van der Waals surface area contributed by atoms with E-state index in [0.29, 0.717) is 5.56 Å². The molecule has 0 radical (unpaired) electrons. The van der Waals surface area contributed by atoms with E-state index in [9.17, 15) is 4.79 Å². The molecule has 100 valence electrons. The summed E-state index contributed by atoms with van der Waals surface area (Å²) in [7, 11) is 0. The Kier molecular flexibility index (Phi) is 4.39. The summed E-state index contributed by atoms with van der Waals surface area (Å²) in [6, 6.07) is 1.33. The largest absolute Gasteiger partial charge is 0.343 e. The van der Waals surface area contributed by atoms with E-state index in [1.807, 2.05) is 13.8 Å². The first-order chi connectivity index (χ1) is 8.97. The van der Waals surface area contributed by atoms with Crippen molar-refractivity contribution in [3.8, 4) is 0 Å². The van der Waals surface area contributed by atoms with Crippen LogP contribution in [0.3, 0.4) is 0 Å². The molecule has 2 heterocycles. The van der Waals surface area contributed by atoms with Gasteiger partial charge in [0, 0.05) is 17.3 Å². The second-order valence-corrected chi connectivity index (χ2v) is 6.03. The summed E-state index contributed by atoms with van der Waals surface area (Å²) in [5.41, 5.74) is 0.370. The van der Waals surface area contributed by atoms with E-state index in [1.165, 1.54) is 12.3 Å². The molecule has 4 nitrogen and oxygen atoms in total. The Labute approximate surface area is 124 Å². The molecule has 0 aliphatic rings. The number of aromatic nitrogens is 2. The maximum absolute atomic E-state index is 12.0. The number of rotatable bonds is 3. The fraction of sp³-hybridized carbons (Fsp3) is 0.250. The first-order valence-electron chi connectivity index (χ1n) is 5.51. The van der Waals surface area contributed by atoms with E-state index in [2.05, 4.69) is 15.3 Å². The third kappa shape index (κ3) is 3.43. The first kappa shape index (κ1) is 14.2. The quantitative estimate of drug-likeness (QED) is 0.880. The number of amides is 1. The van der Waals surface area contributed by atoms with Crippen LogP contribution in [0.1, 0.15) is 33.2 Å². The maximum atomic E-state index is 12.0. The highest BCUT2D eigenvalue weighted by Gasteiger charge is 2.15. The van der Waals surface area contributed by atoms with Crippen LogP contribution in [-0.4, -0.2) is 15.9 Å². The average molecular weight is 316 g/mol. The van der Waals surface area contributed by atoms with Gasteiger partial charge in [0.1, 0.15) is 10.2 Å². The fourth-order valence-electron chi connectivity index (χ4n) is 1.46. The molecule has 0 spiro atoms. The smallest absolute Gasteiger partial charge is 0.253 e. The number of carbonyl (C=O) groups excluding carboxylic acids is 1. The second kappa shape index (κ2) is 5.86. The van der Waals surface area contributed by atoms with Crippen LogP contribution < -0.4 is 5.32 Å². The maximum Gasteiger partial charge on any atom is 0.253 e. The summed E-state index contributed by atoms with van der Waals surface area (Å²) in [6.45, 7) is 3.85. The monoisotopic (exact) mass is 315 g/mol. The van der Waals surface area contributed by atoms with Crippen molar-refractivity contribution in [3.05, 3.63) is 44.1 Å². The van der Waals surface area contributed by atoms with Gasteiger partial charge in [0.2, 0.25) is 0 Å². The Morgan fingerprint density at radius 1 is 1.37 bits per heavy atom. The molecule has 19 heavy (non-hydrogen) atoms. The lowest BCUT2D eigenvalue weighted by molar-refractivity contribution is 0.0939. The molecule has 0 bridgehead atoms. The van der Waals surface area contributed by atoms with Gasteiger partial charge in [-0.25, -0.2) is 9.97 Å². The van der Waals surface area contributed by atoms with E-state index in [0.717, 1.165) is 9.88 Å². The molecule has 1 N–H and O–H groups in total. The minimum atomic E-state index is -0.258. The van der Waals surface area contributed by atoms with Crippen LogP contribution in [0.25, 0.3) is 0 Å². The minimum absolute atomic E-state index is 0.166. The van der Waals surface area contributed by atoms with E-state index in [-0.39, 0.29) is 22.1 Å². The van der Waals surface area contributed by atoms with Crippen molar-refractivity contribution in [2.24, 2.45) is 0 Å². The summed E-state index contributed by atoms with van der Waals surface area (Å²) >= 11 is 13.1. The van der Waals surface area contributed by atoms with Crippen molar-refractivity contribution >= 4 is 40.4 Å². The predicted octanol–water partition coefficient (Wildman–Crippen LogP) is 3.64. The topological polar surface area (TPSA) is 54.9 Å². The van der Waals surface area contributed by atoms with Gasteiger partial charge in [0.15, 0.2) is 0 Å². The number of thiazole rings is 1. The SMILES string of the molecule is Cc1cnc(C(C)NC(=O)c2cnc(Cl)c(Cl)c2)s1. The number of halogens is 2. The Morgan fingerprint density at radius 2 is 2.11 bits per heavy atom. The number of aryl methyl sites for hydroxylation is 1. The van der Waals surface area contributed by atoms with E-state index in [4.69, 9.17) is 23.2 Å². The molecule has 0 aliphatic heterocycles. The standard InChI is InChI=1S/C12H11Cl2N3OS/c1-6-4-16-12(19-6)7(2)17-11(18)8-3-9(13)10(14)15-5-8/h3-5,7H,1-2H3,(H,17,18). The van der Waals surface area contributed by atoms with Crippen molar-refractivity contribution < 1.29 is 4.79 Å². The number of carbonyl (C=O) groups is 1. The third-order valence-electron chi connectivity index (χ3n) is 2.42. The number of pyridine rings is 1. The van der Waals surface area contributed by atoms with Crippen molar-refractivity contribution in [1.82, 2.24) is 15.3 Å². The summed E-state index contributed by atoms with van der Waals surface area (Å²) in [5.74, 6) is -0.258. The van der Waals surface area contributed by atoms with Crippen LogP contribution >= 0.6 is 34.5 Å². The van der Waals surface area contributed by atoms with Crippen LogP contribution in [0, 0.1) is 6.92 Å². The lowest BCUT2D eigenvalue weighted by Crippen LogP contribution is -2.26. The third-order valence-corrected chi connectivity index (χ3v) is 4.20. The summed E-state index contributed by atoms with van der Waals surface area (Å²) in [6.07, 6.45) is 3.17. The van der Waals surface area contributed by atoms with Crippen molar-refractivity contribution in [2.75, 3.05) is 0 Å². The normalized spacial score (nSPS) is 12.2. The zero-order valence-electron chi connectivity index (χ0n) is 10.3. The highest BCUT2D eigenvalue weighted by Crippen LogP contribution is 2.21. The molecule has 0 aromatic carbocycles. The van der Waals surface area contributed by atoms with Crippen LogP contribution in [0.2, 0.25) is 10.2 Å². The highest BCUT2D eigenvalue weighted by atomic mass is 35.5. The molecule has 0 fully saturated rings. The Bertz CT molecular complexity index is 615. The van der Waals surface area contributed by atoms with Gasteiger partial charge in [-0.15, -0.1) is 11.3 Å². The van der Waals surface area contributed by atoms with Gasteiger partial charge in [-0.1, -0.05) is 23.2 Å². The van der Waals surface area contributed by atoms with Crippen molar-refractivity contribution in [3.63, 3.8) is 0 Å². The van der Waals surface area contributed by atoms with Crippen molar-refractivity contribution in [2.45, 2.75) is 19.9 Å². The molecule has 1 amide bonds. The number of hydrogen-bond acceptors (Lipinski definition) is 4. The molecule has 0 aliphatic carbocycles. The molecule has 7 heteroatoms. The van der Waals surface area contributed by atoms with Gasteiger partial charge in [-0.3, -0.25) is 4.79 Å². The van der Waals surface area contributed by atoms with Gasteiger partial charge in [-0.2, -0.15) is 0 Å². The molecule has 2 aromatic rings. The molecule has 1 atom stereocenters. The lowest BCUT2D eigenvalue weighted by atomic mass is 10.2. The number of nitrogens with one attached hydrogen (secondary N) is 1. The molecular formula is C12H11Cl2N3OS. The van der Waals surface area contributed by atoms with E-state index in [1.54, 1.807) is 17.5 Å². The van der Waals surface area contributed by atoms with Crippen LogP contribution in [0.15, 0.2) is 18.5 Å². The number of hydrogen-bond donors (Lipinski definition) is 1.